The molecule has 3 heterocycles. The van der Waals surface area contributed by atoms with Crippen molar-refractivity contribution in [1.29, 1.82) is 5.26 Å². The molecule has 0 spiro atoms. The molecular weight excluding hydrogens is 350 g/mol. The van der Waals surface area contributed by atoms with Gasteiger partial charge in [0, 0.05) is 43.5 Å². The number of benzene rings is 2. The quantitative estimate of drug-likeness (QED) is 0.692. The van der Waals surface area contributed by atoms with Crippen molar-refractivity contribution in [3.8, 4) is 17.5 Å². The van der Waals surface area contributed by atoms with Crippen LogP contribution < -0.4 is 10.5 Å². The zero-order valence-corrected chi connectivity index (χ0v) is 16.0. The van der Waals surface area contributed by atoms with Crippen molar-refractivity contribution >= 4 is 16.6 Å². The second-order valence-electron chi connectivity index (χ2n) is 7.83. The van der Waals surface area contributed by atoms with Gasteiger partial charge in [0.1, 0.15) is 5.82 Å². The summed E-state index contributed by atoms with van der Waals surface area (Å²) in [6, 6.07) is 16.5. The number of nitrogens with zero attached hydrogens (tertiary/aromatic N) is 5. The fraction of sp³-hybridized carbons (Fsp3) is 0.318. The molecule has 0 N–H and O–H groups in total. The van der Waals surface area contributed by atoms with Gasteiger partial charge in [0.2, 0.25) is 0 Å². The highest BCUT2D eigenvalue weighted by Crippen LogP contribution is 2.34. The SMILES string of the molecule is CN1C[C@@H]2C[C@H]1CN2c1ccc2nc(-c3cccc(C#N)c3)n(C)c(=O)c2c1. The number of anilines is 1. The lowest BCUT2D eigenvalue weighted by molar-refractivity contribution is 0.292. The molecule has 0 radical (unpaired) electrons. The molecule has 0 aliphatic carbocycles. The van der Waals surface area contributed by atoms with E-state index in [-0.39, 0.29) is 5.56 Å². The second kappa shape index (κ2) is 6.18. The highest BCUT2D eigenvalue weighted by Gasteiger charge is 2.41. The summed E-state index contributed by atoms with van der Waals surface area (Å²) < 4.78 is 1.58. The molecule has 6 nitrogen and oxygen atoms in total. The summed E-state index contributed by atoms with van der Waals surface area (Å²) in [5.74, 6) is 0.573. The van der Waals surface area contributed by atoms with Crippen LogP contribution in [-0.4, -0.2) is 46.7 Å². The number of rotatable bonds is 2. The van der Waals surface area contributed by atoms with Crippen molar-refractivity contribution in [3.05, 3.63) is 58.4 Å². The molecule has 2 aromatic carbocycles. The van der Waals surface area contributed by atoms with Gasteiger partial charge in [-0.2, -0.15) is 5.26 Å². The van der Waals surface area contributed by atoms with Crippen LogP contribution in [0.1, 0.15) is 12.0 Å². The zero-order valence-electron chi connectivity index (χ0n) is 16.0. The van der Waals surface area contributed by atoms with Crippen LogP contribution in [0, 0.1) is 11.3 Å². The number of likely N-dealkylation sites (tertiary alicyclic amines) is 1. The van der Waals surface area contributed by atoms with Gasteiger partial charge in [0.05, 0.1) is 22.5 Å². The second-order valence-corrected chi connectivity index (χ2v) is 7.83. The number of piperazine rings is 1. The summed E-state index contributed by atoms with van der Waals surface area (Å²) in [6.07, 6.45) is 1.19. The summed E-state index contributed by atoms with van der Waals surface area (Å²) in [5.41, 5.74) is 3.04. The van der Waals surface area contributed by atoms with Crippen LogP contribution >= 0.6 is 0 Å². The molecule has 2 saturated heterocycles. The van der Waals surface area contributed by atoms with E-state index in [4.69, 9.17) is 10.2 Å². The summed E-state index contributed by atoms with van der Waals surface area (Å²) in [5, 5.41) is 9.79. The van der Waals surface area contributed by atoms with Crippen LogP contribution in [0.15, 0.2) is 47.3 Å². The first-order chi connectivity index (χ1) is 13.5. The molecule has 0 amide bonds. The maximum Gasteiger partial charge on any atom is 0.261 e. The number of likely N-dealkylation sites (N-methyl/N-ethyl adjacent to an activating group) is 1. The maximum absolute atomic E-state index is 13.1. The summed E-state index contributed by atoms with van der Waals surface area (Å²) >= 11 is 0. The smallest absolute Gasteiger partial charge is 0.261 e. The summed E-state index contributed by atoms with van der Waals surface area (Å²) in [7, 11) is 3.92. The Morgan fingerprint density at radius 1 is 1.11 bits per heavy atom. The van der Waals surface area contributed by atoms with Gasteiger partial charge >= 0.3 is 0 Å². The maximum atomic E-state index is 13.1. The number of fused-ring (bicyclic) bond motifs is 3. The van der Waals surface area contributed by atoms with Crippen LogP contribution in [0.2, 0.25) is 0 Å². The van der Waals surface area contributed by atoms with E-state index in [0.717, 1.165) is 24.3 Å². The number of nitriles is 1. The van der Waals surface area contributed by atoms with E-state index in [2.05, 4.69) is 29.0 Å². The number of aromatic nitrogens is 2. The Morgan fingerprint density at radius 3 is 2.68 bits per heavy atom. The monoisotopic (exact) mass is 371 g/mol. The van der Waals surface area contributed by atoms with Gasteiger partial charge in [-0.15, -0.1) is 0 Å². The Bertz CT molecular complexity index is 1190. The highest BCUT2D eigenvalue weighted by molar-refractivity contribution is 5.83. The van der Waals surface area contributed by atoms with Gasteiger partial charge in [0.25, 0.3) is 5.56 Å². The van der Waals surface area contributed by atoms with Gasteiger partial charge in [-0.1, -0.05) is 12.1 Å². The molecule has 2 atom stereocenters. The average molecular weight is 371 g/mol. The molecule has 2 fully saturated rings. The van der Waals surface area contributed by atoms with E-state index in [1.54, 1.807) is 23.7 Å². The van der Waals surface area contributed by atoms with E-state index in [9.17, 15) is 4.79 Å². The first-order valence-electron chi connectivity index (χ1n) is 9.53. The first-order valence-corrected chi connectivity index (χ1v) is 9.53. The first kappa shape index (κ1) is 17.0. The number of hydrogen-bond donors (Lipinski definition) is 0. The van der Waals surface area contributed by atoms with Gasteiger partial charge < -0.3 is 4.90 Å². The van der Waals surface area contributed by atoms with E-state index < -0.39 is 0 Å². The molecule has 28 heavy (non-hydrogen) atoms. The van der Waals surface area contributed by atoms with Crippen molar-refractivity contribution in [2.75, 3.05) is 25.0 Å². The molecule has 5 rings (SSSR count). The summed E-state index contributed by atoms with van der Waals surface area (Å²) in [4.78, 5) is 22.7. The van der Waals surface area contributed by atoms with Crippen molar-refractivity contribution in [3.63, 3.8) is 0 Å². The molecule has 3 aromatic rings. The lowest BCUT2D eigenvalue weighted by Gasteiger charge is -2.33. The van der Waals surface area contributed by atoms with Crippen molar-refractivity contribution < 1.29 is 0 Å². The van der Waals surface area contributed by atoms with Crippen molar-refractivity contribution in [1.82, 2.24) is 14.5 Å². The zero-order chi connectivity index (χ0) is 19.4. The fourth-order valence-electron chi connectivity index (χ4n) is 4.61. The Balaban J connectivity index is 1.59. The van der Waals surface area contributed by atoms with E-state index in [0.29, 0.717) is 34.4 Å². The fourth-order valence-corrected chi connectivity index (χ4v) is 4.61. The normalized spacial score (nSPS) is 21.4. The van der Waals surface area contributed by atoms with Crippen LogP contribution in [-0.2, 0) is 7.05 Å². The Hall–Kier alpha value is -3.17. The van der Waals surface area contributed by atoms with Gasteiger partial charge in [-0.25, -0.2) is 4.98 Å². The lowest BCUT2D eigenvalue weighted by Crippen LogP contribution is -2.44. The van der Waals surface area contributed by atoms with Crippen molar-refractivity contribution in [2.24, 2.45) is 7.05 Å². The summed E-state index contributed by atoms with van der Waals surface area (Å²) in [6.45, 7) is 2.09. The van der Waals surface area contributed by atoms with Crippen molar-refractivity contribution in [2.45, 2.75) is 18.5 Å². The van der Waals surface area contributed by atoms with Crippen LogP contribution in [0.3, 0.4) is 0 Å². The van der Waals surface area contributed by atoms with Crippen LogP contribution in [0.25, 0.3) is 22.3 Å². The minimum atomic E-state index is -0.0642. The molecule has 2 aliphatic rings. The third kappa shape index (κ3) is 2.51. The Kier molecular flexibility index (Phi) is 3.74. The third-order valence-electron chi connectivity index (χ3n) is 6.16. The Morgan fingerprint density at radius 2 is 1.96 bits per heavy atom. The van der Waals surface area contributed by atoms with E-state index in [1.807, 2.05) is 24.3 Å². The molecule has 1 aromatic heterocycles. The largest absolute Gasteiger partial charge is 0.366 e. The topological polar surface area (TPSA) is 65.2 Å². The van der Waals surface area contributed by atoms with Gasteiger partial charge in [-0.3, -0.25) is 14.3 Å². The van der Waals surface area contributed by atoms with E-state index >= 15 is 0 Å². The molecule has 2 bridgehead atoms. The standard InChI is InChI=1S/C22H21N5O/c1-25-12-18-9-17(25)13-27(18)16-6-7-20-19(10-16)22(28)26(2)21(24-20)15-5-3-4-14(8-15)11-23/h3-8,10,17-18H,9,12-13H2,1-2H3/t17-,18-/m0/s1. The number of hydrogen-bond acceptors (Lipinski definition) is 5. The van der Waals surface area contributed by atoms with Gasteiger partial charge in [-0.05, 0) is 43.8 Å². The Labute approximate surface area is 163 Å². The predicted molar refractivity (Wildman–Crippen MR) is 109 cm³/mol. The minimum absolute atomic E-state index is 0.0642. The van der Waals surface area contributed by atoms with E-state index in [1.165, 1.54) is 6.42 Å². The molecular formula is C22H21N5O. The highest BCUT2D eigenvalue weighted by atomic mass is 16.1. The van der Waals surface area contributed by atoms with Crippen LogP contribution in [0.4, 0.5) is 5.69 Å². The molecule has 0 unspecified atom stereocenters. The minimum Gasteiger partial charge on any atom is -0.366 e. The van der Waals surface area contributed by atoms with Crippen LogP contribution in [0.5, 0.6) is 0 Å². The molecule has 140 valence electrons. The molecule has 6 heteroatoms. The van der Waals surface area contributed by atoms with Gasteiger partial charge in [0.15, 0.2) is 0 Å². The lowest BCUT2D eigenvalue weighted by atomic mass is 10.1. The third-order valence-corrected chi connectivity index (χ3v) is 6.16. The predicted octanol–water partition coefficient (Wildman–Crippen LogP) is 2.36. The molecule has 0 saturated carbocycles. The molecule has 2 aliphatic heterocycles. The average Bonchev–Trinajstić information content (AvgIpc) is 3.30.